The summed E-state index contributed by atoms with van der Waals surface area (Å²) in [5.41, 5.74) is 6.29. The summed E-state index contributed by atoms with van der Waals surface area (Å²) in [6, 6.07) is 5.05. The first-order valence-electron chi connectivity index (χ1n) is 11.4. The molecule has 2 amide bonds. The van der Waals surface area contributed by atoms with Crippen molar-refractivity contribution >= 4 is 38.6 Å². The third-order valence-electron chi connectivity index (χ3n) is 5.58. The Labute approximate surface area is 194 Å². The number of aromatic nitrogens is 2. The quantitative estimate of drug-likeness (QED) is 0.379. The largest absolute Gasteiger partial charge is 0.368 e. The van der Waals surface area contributed by atoms with Gasteiger partial charge in [0.2, 0.25) is 5.91 Å². The van der Waals surface area contributed by atoms with E-state index >= 15 is 0 Å². The highest BCUT2D eigenvalue weighted by Gasteiger charge is 2.32. The van der Waals surface area contributed by atoms with Crippen molar-refractivity contribution in [2.45, 2.75) is 91.6 Å². The van der Waals surface area contributed by atoms with E-state index in [2.05, 4.69) is 33.3 Å². The average molecular weight is 493 g/mol. The van der Waals surface area contributed by atoms with Crippen LogP contribution < -0.4 is 11.1 Å². The van der Waals surface area contributed by atoms with Gasteiger partial charge in [-0.2, -0.15) is 5.10 Å². The number of carbonyl (C=O) groups is 2. The Morgan fingerprint density at radius 3 is 2.29 bits per heavy atom. The van der Waals surface area contributed by atoms with Crippen molar-refractivity contribution in [2.75, 3.05) is 0 Å². The lowest BCUT2D eigenvalue weighted by Crippen LogP contribution is -2.52. The van der Waals surface area contributed by atoms with Crippen molar-refractivity contribution in [3.63, 3.8) is 0 Å². The van der Waals surface area contributed by atoms with Crippen LogP contribution in [0.2, 0.25) is 0 Å². The van der Waals surface area contributed by atoms with Crippen LogP contribution in [0, 0.1) is 5.41 Å². The lowest BCUT2D eigenvalue weighted by molar-refractivity contribution is -0.122. The van der Waals surface area contributed by atoms with E-state index in [0.717, 1.165) is 34.8 Å². The first kappa shape index (κ1) is 25.4. The second-order valence-electron chi connectivity index (χ2n) is 9.38. The van der Waals surface area contributed by atoms with Crippen molar-refractivity contribution < 1.29 is 9.59 Å². The fourth-order valence-electron chi connectivity index (χ4n) is 3.80. The van der Waals surface area contributed by atoms with Crippen LogP contribution >= 0.6 is 15.9 Å². The van der Waals surface area contributed by atoms with Gasteiger partial charge in [-0.25, -0.2) is 0 Å². The van der Waals surface area contributed by atoms with E-state index in [1.165, 1.54) is 38.5 Å². The van der Waals surface area contributed by atoms with Crippen molar-refractivity contribution in [1.29, 1.82) is 0 Å². The molecule has 0 aliphatic heterocycles. The van der Waals surface area contributed by atoms with Gasteiger partial charge in [0.1, 0.15) is 6.04 Å². The smallest absolute Gasteiger partial charge is 0.273 e. The number of carbonyl (C=O) groups excluding carboxylic acids is 2. The van der Waals surface area contributed by atoms with E-state index in [1.54, 1.807) is 0 Å². The van der Waals surface area contributed by atoms with Crippen LogP contribution in [0.25, 0.3) is 10.9 Å². The molecule has 0 aliphatic carbocycles. The monoisotopic (exact) mass is 492 g/mol. The number of nitrogens with one attached hydrogen (secondary N) is 1. The zero-order chi connectivity index (χ0) is 23.0. The molecule has 31 heavy (non-hydrogen) atoms. The second-order valence-corrected chi connectivity index (χ2v) is 10.3. The van der Waals surface area contributed by atoms with E-state index in [0.29, 0.717) is 5.69 Å². The molecule has 0 fully saturated rings. The summed E-state index contributed by atoms with van der Waals surface area (Å²) in [6.07, 6.45) is 9.92. The summed E-state index contributed by atoms with van der Waals surface area (Å²) >= 11 is 3.49. The Kier molecular flexibility index (Phi) is 9.54. The standard InChI is InChI=1S/C24H37BrN4O2/c1-5-6-7-8-9-10-11-12-15-29-19-14-13-17(25)16-18(19)20(28-29)23(31)27-21(22(26)30)24(2,3)4/h13-14,16,21H,5-12,15H2,1-4H3,(H2,26,30)(H,27,31). The molecular weight excluding hydrogens is 456 g/mol. The number of rotatable bonds is 12. The molecule has 1 aromatic heterocycles. The van der Waals surface area contributed by atoms with Crippen LogP contribution in [-0.2, 0) is 11.3 Å². The molecule has 3 N–H and O–H groups in total. The number of nitrogens with zero attached hydrogens (tertiary/aromatic N) is 2. The summed E-state index contributed by atoms with van der Waals surface area (Å²) < 4.78 is 2.78. The van der Waals surface area contributed by atoms with E-state index in [-0.39, 0.29) is 5.91 Å². The summed E-state index contributed by atoms with van der Waals surface area (Å²) in [5.74, 6) is -0.929. The number of hydrogen-bond donors (Lipinski definition) is 2. The molecule has 1 atom stereocenters. The fourth-order valence-corrected chi connectivity index (χ4v) is 4.16. The molecule has 1 unspecified atom stereocenters. The average Bonchev–Trinajstić information content (AvgIpc) is 3.04. The Morgan fingerprint density at radius 1 is 1.10 bits per heavy atom. The number of amides is 2. The lowest BCUT2D eigenvalue weighted by Gasteiger charge is -2.28. The van der Waals surface area contributed by atoms with Crippen LogP contribution in [0.3, 0.4) is 0 Å². The summed E-state index contributed by atoms with van der Waals surface area (Å²) in [7, 11) is 0. The maximum atomic E-state index is 13.0. The summed E-state index contributed by atoms with van der Waals surface area (Å²) in [5, 5.41) is 8.18. The molecule has 0 radical (unpaired) electrons. The van der Waals surface area contributed by atoms with Gasteiger partial charge in [-0.05, 0) is 30.0 Å². The molecule has 6 nitrogen and oxygen atoms in total. The highest BCUT2D eigenvalue weighted by Crippen LogP contribution is 2.25. The fraction of sp³-hybridized carbons (Fsp3) is 0.625. The van der Waals surface area contributed by atoms with Gasteiger partial charge in [-0.3, -0.25) is 14.3 Å². The number of halogens is 1. The zero-order valence-electron chi connectivity index (χ0n) is 19.3. The van der Waals surface area contributed by atoms with Gasteiger partial charge in [-0.15, -0.1) is 0 Å². The molecule has 1 heterocycles. The molecule has 1 aromatic carbocycles. The molecule has 0 saturated heterocycles. The maximum Gasteiger partial charge on any atom is 0.273 e. The number of hydrogen-bond acceptors (Lipinski definition) is 3. The molecule has 0 aliphatic rings. The first-order chi connectivity index (χ1) is 14.6. The molecular formula is C24H37BrN4O2. The Morgan fingerprint density at radius 2 is 1.71 bits per heavy atom. The number of fused-ring (bicyclic) bond motifs is 1. The van der Waals surface area contributed by atoms with Crippen LogP contribution in [0.4, 0.5) is 0 Å². The lowest BCUT2D eigenvalue weighted by atomic mass is 9.86. The van der Waals surface area contributed by atoms with Crippen LogP contribution in [0.15, 0.2) is 22.7 Å². The van der Waals surface area contributed by atoms with Crippen LogP contribution in [0.1, 0.15) is 89.5 Å². The molecule has 2 aromatic rings. The maximum absolute atomic E-state index is 13.0. The van der Waals surface area contributed by atoms with Gasteiger partial charge in [0, 0.05) is 16.4 Å². The van der Waals surface area contributed by atoms with Crippen molar-refractivity contribution in [3.8, 4) is 0 Å². The topological polar surface area (TPSA) is 90.0 Å². The number of primary amides is 1. The van der Waals surface area contributed by atoms with Crippen molar-refractivity contribution in [2.24, 2.45) is 11.1 Å². The van der Waals surface area contributed by atoms with Gasteiger partial charge in [0.05, 0.1) is 5.52 Å². The highest BCUT2D eigenvalue weighted by atomic mass is 79.9. The normalized spacial score (nSPS) is 12.8. The summed E-state index contributed by atoms with van der Waals surface area (Å²) in [4.78, 5) is 24.9. The number of aryl methyl sites for hydroxylation is 1. The van der Waals surface area contributed by atoms with E-state index < -0.39 is 17.4 Å². The Bertz CT molecular complexity index is 886. The zero-order valence-corrected chi connectivity index (χ0v) is 20.9. The molecule has 0 bridgehead atoms. The number of benzene rings is 1. The second kappa shape index (κ2) is 11.7. The predicted molar refractivity (Wildman–Crippen MR) is 130 cm³/mol. The van der Waals surface area contributed by atoms with Crippen LogP contribution in [0.5, 0.6) is 0 Å². The Hall–Kier alpha value is -1.89. The van der Waals surface area contributed by atoms with E-state index in [1.807, 2.05) is 43.7 Å². The van der Waals surface area contributed by atoms with Crippen LogP contribution in [-0.4, -0.2) is 27.6 Å². The van der Waals surface area contributed by atoms with Gasteiger partial charge < -0.3 is 11.1 Å². The minimum absolute atomic E-state index is 0.325. The van der Waals surface area contributed by atoms with Gasteiger partial charge in [0.25, 0.3) is 5.91 Å². The molecule has 0 spiro atoms. The first-order valence-corrected chi connectivity index (χ1v) is 12.2. The molecule has 172 valence electrons. The van der Waals surface area contributed by atoms with Gasteiger partial charge in [-0.1, -0.05) is 88.6 Å². The molecule has 0 saturated carbocycles. The number of unbranched alkanes of at least 4 members (excludes halogenated alkanes) is 7. The minimum Gasteiger partial charge on any atom is -0.368 e. The molecule has 7 heteroatoms. The van der Waals surface area contributed by atoms with E-state index in [9.17, 15) is 9.59 Å². The number of nitrogens with two attached hydrogens (primary N) is 1. The Balaban J connectivity index is 2.11. The third-order valence-corrected chi connectivity index (χ3v) is 6.07. The predicted octanol–water partition coefficient (Wildman–Crippen LogP) is 5.57. The van der Waals surface area contributed by atoms with E-state index in [4.69, 9.17) is 5.73 Å². The van der Waals surface area contributed by atoms with Crippen molar-refractivity contribution in [1.82, 2.24) is 15.1 Å². The SMILES string of the molecule is CCCCCCCCCCn1nc(C(=O)NC(C(N)=O)C(C)(C)C)c2cc(Br)ccc21. The third kappa shape index (κ3) is 7.34. The summed E-state index contributed by atoms with van der Waals surface area (Å²) in [6.45, 7) is 8.62. The van der Waals surface area contributed by atoms with Crippen molar-refractivity contribution in [3.05, 3.63) is 28.4 Å². The van der Waals surface area contributed by atoms with Gasteiger partial charge in [0.15, 0.2) is 5.69 Å². The molecule has 2 rings (SSSR count). The minimum atomic E-state index is -0.778. The highest BCUT2D eigenvalue weighted by molar-refractivity contribution is 9.10. The van der Waals surface area contributed by atoms with Gasteiger partial charge >= 0.3 is 0 Å².